The zero-order valence-corrected chi connectivity index (χ0v) is 15.6. The van der Waals surface area contributed by atoms with Gasteiger partial charge in [0.1, 0.15) is 5.76 Å². The highest BCUT2D eigenvalue weighted by molar-refractivity contribution is 6.33. The van der Waals surface area contributed by atoms with Crippen LogP contribution in [0.1, 0.15) is 20.9 Å². The fourth-order valence-electron chi connectivity index (χ4n) is 2.42. The molecule has 154 valence electrons. The Morgan fingerprint density at radius 3 is 2.53 bits per heavy atom. The van der Waals surface area contributed by atoms with Crippen molar-refractivity contribution >= 4 is 35.5 Å². The van der Waals surface area contributed by atoms with E-state index in [1.54, 1.807) is 6.07 Å². The maximum Gasteiger partial charge on any atom is 0.340 e. The topological polar surface area (TPSA) is 85.6 Å². The minimum absolute atomic E-state index is 0.0259. The van der Waals surface area contributed by atoms with E-state index in [0.29, 0.717) is 23.7 Å². The number of furan rings is 1. The summed E-state index contributed by atoms with van der Waals surface area (Å²) in [7, 11) is 0. The third-order valence-electron chi connectivity index (χ3n) is 3.86. The van der Waals surface area contributed by atoms with E-state index in [1.165, 1.54) is 24.3 Å². The molecule has 30 heavy (non-hydrogen) atoms. The van der Waals surface area contributed by atoms with Gasteiger partial charge in [0.15, 0.2) is 36.1 Å². The molecule has 6 nitrogen and oxygen atoms in total. The Labute approximate surface area is 172 Å². The van der Waals surface area contributed by atoms with Crippen LogP contribution in [0.25, 0.3) is 11.3 Å². The van der Waals surface area contributed by atoms with E-state index in [0.717, 1.165) is 6.07 Å². The largest absolute Gasteiger partial charge is 0.453 e. The van der Waals surface area contributed by atoms with Crippen molar-refractivity contribution in [1.29, 1.82) is 0 Å². The first-order valence-corrected chi connectivity index (χ1v) is 8.63. The minimum Gasteiger partial charge on any atom is -0.453 e. The van der Waals surface area contributed by atoms with Gasteiger partial charge in [-0.25, -0.2) is 18.0 Å². The third-order valence-corrected chi connectivity index (χ3v) is 4.19. The first-order valence-electron chi connectivity index (χ1n) is 8.25. The number of amides is 1. The summed E-state index contributed by atoms with van der Waals surface area (Å²) >= 11 is 5.99. The van der Waals surface area contributed by atoms with Crippen molar-refractivity contribution < 1.29 is 36.7 Å². The molecule has 0 aliphatic rings. The van der Waals surface area contributed by atoms with Crippen LogP contribution in [0.15, 0.2) is 46.9 Å². The molecule has 1 aromatic heterocycles. The number of halogens is 4. The Bertz CT molecular complexity index is 1150. The summed E-state index contributed by atoms with van der Waals surface area (Å²) in [6, 6.07) is 8.70. The summed E-state index contributed by atoms with van der Waals surface area (Å²) in [6.45, 7) is -0.839. The molecule has 2 aromatic carbocycles. The van der Waals surface area contributed by atoms with Gasteiger partial charge in [-0.1, -0.05) is 11.6 Å². The van der Waals surface area contributed by atoms with Gasteiger partial charge < -0.3 is 14.5 Å². The molecule has 0 fully saturated rings. The molecule has 0 spiro atoms. The summed E-state index contributed by atoms with van der Waals surface area (Å²) < 4.78 is 49.8. The number of nitrogens with one attached hydrogen (secondary N) is 1. The molecule has 0 saturated carbocycles. The zero-order chi connectivity index (χ0) is 21.8. The Hall–Kier alpha value is -3.59. The maximum atomic E-state index is 13.6. The molecule has 3 rings (SSSR count). The summed E-state index contributed by atoms with van der Waals surface area (Å²) in [5, 5.41) is 1.99. The lowest BCUT2D eigenvalue weighted by molar-refractivity contribution is -0.119. The van der Waals surface area contributed by atoms with Crippen molar-refractivity contribution in [2.75, 3.05) is 11.9 Å². The van der Waals surface area contributed by atoms with Gasteiger partial charge in [0.05, 0.1) is 16.3 Å². The molecule has 3 aromatic rings. The monoisotopic (exact) mass is 437 g/mol. The Kier molecular flexibility index (Phi) is 6.22. The molecule has 10 heteroatoms. The highest BCUT2D eigenvalue weighted by Crippen LogP contribution is 2.27. The van der Waals surface area contributed by atoms with E-state index in [2.05, 4.69) is 0 Å². The summed E-state index contributed by atoms with van der Waals surface area (Å²) in [4.78, 5) is 34.9. The predicted octanol–water partition coefficient (Wildman–Crippen LogP) is 4.63. The molecule has 0 aliphatic carbocycles. The lowest BCUT2D eigenvalue weighted by atomic mass is 10.1. The van der Waals surface area contributed by atoms with Crippen molar-refractivity contribution in [3.8, 4) is 11.3 Å². The third kappa shape index (κ3) is 4.52. The van der Waals surface area contributed by atoms with Crippen LogP contribution in [-0.2, 0) is 9.53 Å². The van der Waals surface area contributed by atoms with Crippen molar-refractivity contribution in [3.63, 3.8) is 0 Å². The van der Waals surface area contributed by atoms with Crippen molar-refractivity contribution in [2.24, 2.45) is 0 Å². The number of anilines is 1. The standard InChI is InChI=1S/C20H11ClF3NO5/c21-13-3-1-10(16-6-2-11(8-26)30-16)7-12(13)20(28)29-9-17(27)25-15-5-4-14(22)18(23)19(15)24/h1-8H,9H2,(H,25,27). The lowest BCUT2D eigenvalue weighted by Crippen LogP contribution is -2.22. The van der Waals surface area contributed by atoms with Crippen molar-refractivity contribution in [2.45, 2.75) is 0 Å². The SMILES string of the molecule is O=Cc1ccc(-c2ccc(Cl)c(C(=O)OCC(=O)Nc3ccc(F)c(F)c3F)c2)o1. The number of hydrogen-bond donors (Lipinski definition) is 1. The maximum absolute atomic E-state index is 13.6. The van der Waals surface area contributed by atoms with Gasteiger partial charge in [0.2, 0.25) is 0 Å². The normalized spacial score (nSPS) is 10.5. The van der Waals surface area contributed by atoms with Crippen LogP contribution in [0.5, 0.6) is 0 Å². The van der Waals surface area contributed by atoms with Crippen LogP contribution < -0.4 is 5.32 Å². The van der Waals surface area contributed by atoms with Crippen molar-refractivity contribution in [3.05, 3.63) is 76.3 Å². The Morgan fingerprint density at radius 2 is 1.83 bits per heavy atom. The molecular formula is C20H11ClF3NO5. The molecule has 0 atom stereocenters. The molecule has 0 saturated heterocycles. The second-order valence-corrected chi connectivity index (χ2v) is 6.27. The molecule has 0 radical (unpaired) electrons. The lowest BCUT2D eigenvalue weighted by Gasteiger charge is -2.09. The van der Waals surface area contributed by atoms with Gasteiger partial charge in [-0.3, -0.25) is 9.59 Å². The van der Waals surface area contributed by atoms with E-state index in [-0.39, 0.29) is 16.3 Å². The fraction of sp³-hybridized carbons (Fsp3) is 0.0500. The first-order chi connectivity index (χ1) is 14.3. The van der Waals surface area contributed by atoms with Gasteiger partial charge in [0.25, 0.3) is 5.91 Å². The Morgan fingerprint density at radius 1 is 1.07 bits per heavy atom. The summed E-state index contributed by atoms with van der Waals surface area (Å²) in [5.41, 5.74) is -0.281. The van der Waals surface area contributed by atoms with E-state index in [1.807, 2.05) is 5.32 Å². The molecule has 1 N–H and O–H groups in total. The van der Waals surface area contributed by atoms with Gasteiger partial charge >= 0.3 is 5.97 Å². The fourth-order valence-corrected chi connectivity index (χ4v) is 2.62. The van der Waals surface area contributed by atoms with E-state index in [9.17, 15) is 27.6 Å². The predicted molar refractivity (Wildman–Crippen MR) is 99.8 cm³/mol. The van der Waals surface area contributed by atoms with Crippen LogP contribution in [0.4, 0.5) is 18.9 Å². The van der Waals surface area contributed by atoms with Crippen molar-refractivity contribution in [1.82, 2.24) is 0 Å². The molecule has 0 aliphatic heterocycles. The van der Waals surface area contributed by atoms with Crippen LogP contribution >= 0.6 is 11.6 Å². The second kappa shape index (κ2) is 8.83. The number of carbonyl (C=O) groups excluding carboxylic acids is 3. The van der Waals surface area contributed by atoms with Crippen LogP contribution in [0.3, 0.4) is 0 Å². The number of aldehydes is 1. The number of benzene rings is 2. The highest BCUT2D eigenvalue weighted by atomic mass is 35.5. The molecule has 1 heterocycles. The van der Waals surface area contributed by atoms with Gasteiger partial charge in [-0.15, -0.1) is 0 Å². The summed E-state index contributed by atoms with van der Waals surface area (Å²) in [5.74, 6) is -6.31. The van der Waals surface area contributed by atoms with E-state index < -0.39 is 41.6 Å². The number of carbonyl (C=O) groups is 3. The van der Waals surface area contributed by atoms with Crippen LogP contribution in [-0.4, -0.2) is 24.8 Å². The second-order valence-electron chi connectivity index (χ2n) is 5.86. The highest BCUT2D eigenvalue weighted by Gasteiger charge is 2.18. The number of esters is 1. The first kappa shape index (κ1) is 21.1. The van der Waals surface area contributed by atoms with Crippen LogP contribution in [0, 0.1) is 17.5 Å². The smallest absolute Gasteiger partial charge is 0.340 e. The van der Waals surface area contributed by atoms with Gasteiger partial charge in [-0.2, -0.15) is 0 Å². The summed E-state index contributed by atoms with van der Waals surface area (Å²) in [6.07, 6.45) is 0.517. The molecular weight excluding hydrogens is 427 g/mol. The number of ether oxygens (including phenoxy) is 1. The molecule has 1 amide bonds. The quantitative estimate of drug-likeness (QED) is 0.345. The average Bonchev–Trinajstić information content (AvgIpc) is 3.22. The number of hydrogen-bond acceptors (Lipinski definition) is 5. The average molecular weight is 438 g/mol. The van der Waals surface area contributed by atoms with Gasteiger partial charge in [-0.05, 0) is 42.5 Å². The van der Waals surface area contributed by atoms with E-state index in [4.69, 9.17) is 20.8 Å². The van der Waals surface area contributed by atoms with Crippen LogP contribution in [0.2, 0.25) is 5.02 Å². The minimum atomic E-state index is -1.75. The van der Waals surface area contributed by atoms with E-state index >= 15 is 0 Å². The Balaban J connectivity index is 1.68. The molecule has 0 bridgehead atoms. The molecule has 0 unspecified atom stereocenters. The number of rotatable bonds is 6. The van der Waals surface area contributed by atoms with Gasteiger partial charge in [0, 0.05) is 5.56 Å². The zero-order valence-electron chi connectivity index (χ0n) is 14.9.